The molecule has 0 amide bonds. The van der Waals surface area contributed by atoms with Crippen molar-refractivity contribution in [1.29, 1.82) is 0 Å². The summed E-state index contributed by atoms with van der Waals surface area (Å²) in [6.45, 7) is 6.03. The molecule has 1 unspecified atom stereocenters. The summed E-state index contributed by atoms with van der Waals surface area (Å²) in [6, 6.07) is 13.8. The summed E-state index contributed by atoms with van der Waals surface area (Å²) >= 11 is 1.65. The largest absolute Gasteiger partial charge is 0.493 e. The predicted molar refractivity (Wildman–Crippen MR) is 97.9 cm³/mol. The van der Waals surface area contributed by atoms with Crippen molar-refractivity contribution in [3.8, 4) is 11.5 Å². The van der Waals surface area contributed by atoms with Gasteiger partial charge in [0.25, 0.3) is 0 Å². The molecule has 132 valence electrons. The van der Waals surface area contributed by atoms with Gasteiger partial charge in [0, 0.05) is 4.90 Å². The molecule has 0 N–H and O–H groups in total. The molecular formula is C20H22O4S. The SMILES string of the molecule is COc1ccc(C2OCc3ccccc3S2)cc1OC(=O)C(C)(C)C. The van der Waals surface area contributed by atoms with E-state index < -0.39 is 5.41 Å². The van der Waals surface area contributed by atoms with Crippen LogP contribution < -0.4 is 9.47 Å². The maximum Gasteiger partial charge on any atom is 0.316 e. The first-order chi connectivity index (χ1) is 11.9. The highest BCUT2D eigenvalue weighted by Gasteiger charge is 2.27. The Morgan fingerprint density at radius 1 is 1.16 bits per heavy atom. The molecule has 0 saturated carbocycles. The normalized spacial score (nSPS) is 16.9. The van der Waals surface area contributed by atoms with Crippen LogP contribution in [0.15, 0.2) is 47.4 Å². The Morgan fingerprint density at radius 3 is 2.64 bits per heavy atom. The Kier molecular flexibility index (Phi) is 5.06. The molecule has 1 aliphatic heterocycles. The van der Waals surface area contributed by atoms with Crippen molar-refractivity contribution in [3.63, 3.8) is 0 Å². The van der Waals surface area contributed by atoms with E-state index in [-0.39, 0.29) is 11.4 Å². The minimum absolute atomic E-state index is 0.145. The third-order valence-corrected chi connectivity index (χ3v) is 5.15. The van der Waals surface area contributed by atoms with Gasteiger partial charge in [0.15, 0.2) is 11.5 Å². The van der Waals surface area contributed by atoms with Gasteiger partial charge in [-0.2, -0.15) is 0 Å². The van der Waals surface area contributed by atoms with Crippen LogP contribution in [0.5, 0.6) is 11.5 Å². The topological polar surface area (TPSA) is 44.8 Å². The smallest absolute Gasteiger partial charge is 0.316 e. The lowest BCUT2D eigenvalue weighted by Crippen LogP contribution is -2.25. The van der Waals surface area contributed by atoms with Crippen molar-refractivity contribution in [2.45, 2.75) is 37.7 Å². The zero-order chi connectivity index (χ0) is 18.0. The predicted octanol–water partition coefficient (Wildman–Crippen LogP) is 4.97. The molecule has 0 aliphatic carbocycles. The number of hydrogen-bond donors (Lipinski definition) is 0. The molecule has 0 bridgehead atoms. The van der Waals surface area contributed by atoms with Gasteiger partial charge in [0.1, 0.15) is 5.44 Å². The maximum absolute atomic E-state index is 12.2. The number of esters is 1. The zero-order valence-corrected chi connectivity index (χ0v) is 15.7. The molecule has 1 atom stereocenters. The quantitative estimate of drug-likeness (QED) is 0.573. The van der Waals surface area contributed by atoms with Gasteiger partial charge in [-0.3, -0.25) is 4.79 Å². The van der Waals surface area contributed by atoms with E-state index in [1.54, 1.807) is 18.9 Å². The monoisotopic (exact) mass is 358 g/mol. The number of hydrogen-bond acceptors (Lipinski definition) is 5. The summed E-state index contributed by atoms with van der Waals surface area (Å²) in [5, 5.41) is 0. The number of carbonyl (C=O) groups excluding carboxylic acids is 1. The number of ether oxygens (including phenoxy) is 3. The molecule has 0 spiro atoms. The second-order valence-electron chi connectivity index (χ2n) is 6.92. The van der Waals surface area contributed by atoms with Crippen LogP contribution in [0.25, 0.3) is 0 Å². The van der Waals surface area contributed by atoms with Crippen LogP contribution >= 0.6 is 11.8 Å². The van der Waals surface area contributed by atoms with E-state index in [1.165, 1.54) is 10.5 Å². The first-order valence-corrected chi connectivity index (χ1v) is 9.03. The standard InChI is InChI=1S/C20H22O4S/c1-20(2,3)19(21)24-16-11-13(9-10-15(16)22-4)18-23-12-14-7-5-6-8-17(14)25-18/h5-11,18H,12H2,1-4H3. The van der Waals surface area contributed by atoms with E-state index in [2.05, 4.69) is 12.1 Å². The Bertz CT molecular complexity index is 780. The van der Waals surface area contributed by atoms with Crippen molar-refractivity contribution in [2.75, 3.05) is 7.11 Å². The highest BCUT2D eigenvalue weighted by Crippen LogP contribution is 2.44. The van der Waals surface area contributed by atoms with Crippen LogP contribution in [-0.2, 0) is 16.1 Å². The molecule has 1 heterocycles. The third-order valence-electron chi connectivity index (χ3n) is 3.87. The van der Waals surface area contributed by atoms with E-state index in [0.717, 1.165) is 5.56 Å². The van der Waals surface area contributed by atoms with Gasteiger partial charge in [-0.25, -0.2) is 0 Å². The van der Waals surface area contributed by atoms with Crippen molar-refractivity contribution in [3.05, 3.63) is 53.6 Å². The van der Waals surface area contributed by atoms with Crippen molar-refractivity contribution in [2.24, 2.45) is 5.41 Å². The molecule has 0 radical (unpaired) electrons. The molecular weight excluding hydrogens is 336 g/mol. The number of thioether (sulfide) groups is 1. The minimum atomic E-state index is -0.587. The van der Waals surface area contributed by atoms with Crippen LogP contribution in [0.1, 0.15) is 37.3 Å². The van der Waals surface area contributed by atoms with Crippen molar-refractivity contribution < 1.29 is 19.0 Å². The van der Waals surface area contributed by atoms with Gasteiger partial charge >= 0.3 is 5.97 Å². The molecule has 0 saturated heterocycles. The number of fused-ring (bicyclic) bond motifs is 1. The van der Waals surface area contributed by atoms with Crippen molar-refractivity contribution >= 4 is 17.7 Å². The summed E-state index contributed by atoms with van der Waals surface area (Å²) in [5.41, 5.74) is 1.40. The summed E-state index contributed by atoms with van der Waals surface area (Å²) in [5.74, 6) is 0.649. The van der Waals surface area contributed by atoms with E-state index in [0.29, 0.717) is 18.1 Å². The minimum Gasteiger partial charge on any atom is -0.493 e. The van der Waals surface area contributed by atoms with E-state index in [9.17, 15) is 4.79 Å². The number of methoxy groups -OCH3 is 1. The Balaban J connectivity index is 1.86. The molecule has 2 aromatic rings. The molecule has 25 heavy (non-hydrogen) atoms. The molecule has 1 aliphatic rings. The van der Waals surface area contributed by atoms with Crippen molar-refractivity contribution in [1.82, 2.24) is 0 Å². The maximum atomic E-state index is 12.2. The van der Waals surface area contributed by atoms with Crippen LogP contribution in [-0.4, -0.2) is 13.1 Å². The first-order valence-electron chi connectivity index (χ1n) is 8.15. The number of carbonyl (C=O) groups is 1. The molecule has 0 fully saturated rings. The Morgan fingerprint density at radius 2 is 1.92 bits per heavy atom. The van der Waals surface area contributed by atoms with Crippen LogP contribution in [0.3, 0.4) is 0 Å². The molecule has 5 heteroatoms. The zero-order valence-electron chi connectivity index (χ0n) is 14.9. The fourth-order valence-corrected chi connectivity index (χ4v) is 3.47. The molecule has 4 nitrogen and oxygen atoms in total. The highest BCUT2D eigenvalue weighted by atomic mass is 32.2. The fourth-order valence-electron chi connectivity index (χ4n) is 2.39. The average Bonchev–Trinajstić information content (AvgIpc) is 2.60. The van der Waals surface area contributed by atoms with Crippen LogP contribution in [0.2, 0.25) is 0 Å². The van der Waals surface area contributed by atoms with Crippen LogP contribution in [0, 0.1) is 5.41 Å². The summed E-state index contributed by atoms with van der Waals surface area (Å²) in [7, 11) is 1.56. The highest BCUT2D eigenvalue weighted by molar-refractivity contribution is 7.99. The van der Waals surface area contributed by atoms with Gasteiger partial charge in [-0.15, -0.1) is 0 Å². The fraction of sp³-hybridized carbons (Fsp3) is 0.350. The summed E-state index contributed by atoms with van der Waals surface area (Å²) < 4.78 is 16.9. The lowest BCUT2D eigenvalue weighted by Gasteiger charge is -2.25. The van der Waals surface area contributed by atoms with Gasteiger partial charge in [-0.05, 0) is 50.1 Å². The lowest BCUT2D eigenvalue weighted by atomic mass is 9.97. The third kappa shape index (κ3) is 3.99. The second kappa shape index (κ2) is 7.10. The second-order valence-corrected chi connectivity index (χ2v) is 8.02. The molecule has 3 rings (SSSR count). The Labute approximate surface area is 152 Å². The molecule has 0 aromatic heterocycles. The van der Waals surface area contributed by atoms with E-state index in [1.807, 2.05) is 51.1 Å². The van der Waals surface area contributed by atoms with E-state index in [4.69, 9.17) is 14.2 Å². The van der Waals surface area contributed by atoms with Gasteiger partial charge < -0.3 is 14.2 Å². The van der Waals surface area contributed by atoms with Gasteiger partial charge in [0.05, 0.1) is 19.1 Å². The van der Waals surface area contributed by atoms with Gasteiger partial charge in [0.2, 0.25) is 0 Å². The summed E-state index contributed by atoms with van der Waals surface area (Å²) in [6.07, 6.45) is 0. The summed E-state index contributed by atoms with van der Waals surface area (Å²) in [4.78, 5) is 13.5. The van der Waals surface area contributed by atoms with E-state index >= 15 is 0 Å². The molecule has 2 aromatic carbocycles. The van der Waals surface area contributed by atoms with Crippen LogP contribution in [0.4, 0.5) is 0 Å². The number of rotatable bonds is 3. The van der Waals surface area contributed by atoms with Gasteiger partial charge in [-0.1, -0.05) is 36.0 Å². The Hall–Kier alpha value is -1.98. The number of benzene rings is 2. The first kappa shape index (κ1) is 17.8. The lowest BCUT2D eigenvalue weighted by molar-refractivity contribution is -0.143. The average molecular weight is 358 g/mol.